The Kier molecular flexibility index (Phi) is 6.00. The first-order chi connectivity index (χ1) is 11.1. The highest BCUT2D eigenvalue weighted by Crippen LogP contribution is 2.24. The van der Waals surface area contributed by atoms with Gasteiger partial charge >= 0.3 is 5.97 Å². The number of carbonyl (C=O) groups excluding carboxylic acids is 1. The van der Waals surface area contributed by atoms with E-state index in [1.165, 1.54) is 17.9 Å². The number of rotatable bonds is 7. The predicted molar refractivity (Wildman–Crippen MR) is 79.8 cm³/mol. The lowest BCUT2D eigenvalue weighted by Gasteiger charge is -2.17. The summed E-state index contributed by atoms with van der Waals surface area (Å²) >= 11 is 0. The fraction of sp³-hybridized carbons (Fsp3) is 0.600. The summed E-state index contributed by atoms with van der Waals surface area (Å²) in [6, 6.07) is 0. The van der Waals surface area contributed by atoms with Gasteiger partial charge in [0, 0.05) is 6.20 Å². The van der Waals surface area contributed by atoms with Crippen molar-refractivity contribution in [2.45, 2.75) is 32.6 Å². The predicted octanol–water partition coefficient (Wildman–Crippen LogP) is 0.892. The van der Waals surface area contributed by atoms with Crippen LogP contribution in [0.25, 0.3) is 0 Å². The minimum absolute atomic E-state index is 0.125. The Morgan fingerprint density at radius 1 is 1.43 bits per heavy atom. The zero-order valence-corrected chi connectivity index (χ0v) is 13.2. The summed E-state index contributed by atoms with van der Waals surface area (Å²) in [6.07, 6.45) is 2.25. The van der Waals surface area contributed by atoms with E-state index in [0.717, 1.165) is 12.8 Å². The van der Waals surface area contributed by atoms with Crippen molar-refractivity contribution in [2.75, 3.05) is 26.9 Å². The SMILES string of the molecule is CCCCOc1c(O)n(CC2OCCO2)cc(C(=O)OC)c1=O. The molecule has 0 radical (unpaired) electrons. The summed E-state index contributed by atoms with van der Waals surface area (Å²) in [4.78, 5) is 24.1. The van der Waals surface area contributed by atoms with Crippen LogP contribution in [0, 0.1) is 0 Å². The molecule has 2 heterocycles. The van der Waals surface area contributed by atoms with Crippen LogP contribution in [0.2, 0.25) is 0 Å². The molecule has 8 nitrogen and oxygen atoms in total. The second-order valence-corrected chi connectivity index (χ2v) is 5.04. The van der Waals surface area contributed by atoms with Gasteiger partial charge in [-0.3, -0.25) is 4.79 Å². The number of nitrogens with zero attached hydrogens (tertiary/aromatic N) is 1. The second-order valence-electron chi connectivity index (χ2n) is 5.04. The summed E-state index contributed by atoms with van der Waals surface area (Å²) in [6.45, 7) is 3.27. The molecule has 0 amide bonds. The van der Waals surface area contributed by atoms with Gasteiger partial charge in [-0.15, -0.1) is 0 Å². The van der Waals surface area contributed by atoms with E-state index in [2.05, 4.69) is 4.74 Å². The Morgan fingerprint density at radius 2 is 2.13 bits per heavy atom. The Morgan fingerprint density at radius 3 is 2.74 bits per heavy atom. The van der Waals surface area contributed by atoms with Crippen molar-refractivity contribution in [1.29, 1.82) is 0 Å². The van der Waals surface area contributed by atoms with Crippen LogP contribution in [0.4, 0.5) is 0 Å². The molecule has 1 N–H and O–H groups in total. The highest BCUT2D eigenvalue weighted by atomic mass is 16.7. The molecule has 0 bridgehead atoms. The first-order valence-electron chi connectivity index (χ1n) is 7.49. The lowest BCUT2D eigenvalue weighted by atomic mass is 10.2. The number of hydrogen-bond donors (Lipinski definition) is 1. The molecule has 2 rings (SSSR count). The molecule has 1 aromatic heterocycles. The highest BCUT2D eigenvalue weighted by Gasteiger charge is 2.24. The number of aromatic hydroxyl groups is 1. The Hall–Kier alpha value is -2.06. The molecule has 1 aromatic rings. The standard InChI is InChI=1S/C15H21NO7/c1-3-4-5-23-13-12(17)10(15(19)20-2)8-16(14(13)18)9-11-21-6-7-22-11/h8,11,18H,3-7,9H2,1-2H3. The monoisotopic (exact) mass is 327 g/mol. The fourth-order valence-corrected chi connectivity index (χ4v) is 2.15. The lowest BCUT2D eigenvalue weighted by molar-refractivity contribution is -0.0537. The van der Waals surface area contributed by atoms with Crippen molar-refractivity contribution in [1.82, 2.24) is 4.57 Å². The van der Waals surface area contributed by atoms with Gasteiger partial charge in [-0.25, -0.2) is 4.79 Å². The van der Waals surface area contributed by atoms with Gasteiger partial charge < -0.3 is 28.6 Å². The summed E-state index contributed by atoms with van der Waals surface area (Å²) in [5.41, 5.74) is -0.912. The Balaban J connectivity index is 2.37. The molecule has 0 saturated carbocycles. The van der Waals surface area contributed by atoms with Gasteiger partial charge in [-0.05, 0) is 6.42 Å². The van der Waals surface area contributed by atoms with Crippen LogP contribution in [-0.2, 0) is 20.8 Å². The number of aromatic nitrogens is 1. The van der Waals surface area contributed by atoms with E-state index in [9.17, 15) is 14.7 Å². The van der Waals surface area contributed by atoms with Crippen molar-refractivity contribution < 1.29 is 28.8 Å². The van der Waals surface area contributed by atoms with E-state index in [1.807, 2.05) is 6.92 Å². The van der Waals surface area contributed by atoms with Gasteiger partial charge in [0.25, 0.3) is 0 Å². The summed E-state index contributed by atoms with van der Waals surface area (Å²) in [7, 11) is 1.18. The molecule has 23 heavy (non-hydrogen) atoms. The minimum Gasteiger partial charge on any atom is -0.492 e. The third-order valence-corrected chi connectivity index (χ3v) is 3.40. The molecule has 0 atom stereocenters. The van der Waals surface area contributed by atoms with Crippen LogP contribution in [0.5, 0.6) is 11.6 Å². The number of pyridine rings is 1. The average molecular weight is 327 g/mol. The largest absolute Gasteiger partial charge is 0.492 e. The van der Waals surface area contributed by atoms with Crippen LogP contribution < -0.4 is 10.2 Å². The Bertz CT molecular complexity index is 605. The second kappa shape index (κ2) is 7.98. The molecule has 1 saturated heterocycles. The van der Waals surface area contributed by atoms with E-state index in [0.29, 0.717) is 13.2 Å². The number of carbonyl (C=O) groups is 1. The topological polar surface area (TPSA) is 96.2 Å². The quantitative estimate of drug-likeness (QED) is 0.587. The number of ether oxygens (including phenoxy) is 4. The van der Waals surface area contributed by atoms with E-state index >= 15 is 0 Å². The van der Waals surface area contributed by atoms with Crippen LogP contribution >= 0.6 is 0 Å². The zero-order valence-electron chi connectivity index (χ0n) is 13.2. The summed E-state index contributed by atoms with van der Waals surface area (Å²) in [5, 5.41) is 10.3. The van der Waals surface area contributed by atoms with Crippen LogP contribution in [0.3, 0.4) is 0 Å². The summed E-state index contributed by atoms with van der Waals surface area (Å²) in [5.74, 6) is -1.42. The molecular weight excluding hydrogens is 306 g/mol. The maximum absolute atomic E-state index is 12.3. The maximum Gasteiger partial charge on any atom is 0.343 e. The Labute approximate surface area is 133 Å². The molecule has 1 aliphatic heterocycles. The minimum atomic E-state index is -0.794. The van der Waals surface area contributed by atoms with Crippen molar-refractivity contribution in [3.8, 4) is 11.6 Å². The average Bonchev–Trinajstić information content (AvgIpc) is 3.05. The number of unbranched alkanes of at least 4 members (excludes halogenated alkanes) is 1. The number of hydrogen-bond acceptors (Lipinski definition) is 7. The number of methoxy groups -OCH3 is 1. The van der Waals surface area contributed by atoms with E-state index < -0.39 is 17.7 Å². The fourth-order valence-electron chi connectivity index (χ4n) is 2.15. The summed E-state index contributed by atoms with van der Waals surface area (Å²) < 4.78 is 21.9. The van der Waals surface area contributed by atoms with Gasteiger partial charge in [0.05, 0.1) is 33.5 Å². The third-order valence-electron chi connectivity index (χ3n) is 3.40. The van der Waals surface area contributed by atoms with Crippen molar-refractivity contribution in [3.63, 3.8) is 0 Å². The van der Waals surface area contributed by atoms with Crippen molar-refractivity contribution >= 4 is 5.97 Å². The van der Waals surface area contributed by atoms with Crippen LogP contribution in [0.1, 0.15) is 30.1 Å². The van der Waals surface area contributed by atoms with E-state index in [1.54, 1.807) is 0 Å². The van der Waals surface area contributed by atoms with Crippen molar-refractivity contribution in [3.05, 3.63) is 22.0 Å². The maximum atomic E-state index is 12.3. The zero-order chi connectivity index (χ0) is 16.8. The molecule has 0 aliphatic carbocycles. The molecular formula is C15H21NO7. The molecule has 0 aromatic carbocycles. The first-order valence-corrected chi connectivity index (χ1v) is 7.49. The van der Waals surface area contributed by atoms with Gasteiger partial charge in [0.1, 0.15) is 5.56 Å². The van der Waals surface area contributed by atoms with E-state index in [-0.39, 0.29) is 30.3 Å². The van der Waals surface area contributed by atoms with Gasteiger partial charge in [-0.2, -0.15) is 0 Å². The molecule has 0 unspecified atom stereocenters. The molecule has 8 heteroatoms. The normalized spacial score (nSPS) is 14.9. The molecule has 0 spiro atoms. The number of esters is 1. The first kappa shape index (κ1) is 17.3. The smallest absolute Gasteiger partial charge is 0.343 e. The van der Waals surface area contributed by atoms with Gasteiger partial charge in [0.2, 0.25) is 17.1 Å². The van der Waals surface area contributed by atoms with Crippen molar-refractivity contribution in [2.24, 2.45) is 0 Å². The van der Waals surface area contributed by atoms with Gasteiger partial charge in [0.15, 0.2) is 6.29 Å². The molecule has 1 aliphatic rings. The third kappa shape index (κ3) is 4.02. The lowest BCUT2D eigenvalue weighted by Crippen LogP contribution is -2.25. The highest BCUT2D eigenvalue weighted by molar-refractivity contribution is 5.89. The van der Waals surface area contributed by atoms with Gasteiger partial charge in [-0.1, -0.05) is 13.3 Å². The van der Waals surface area contributed by atoms with Crippen LogP contribution in [0.15, 0.2) is 11.0 Å². The molecule has 1 fully saturated rings. The van der Waals surface area contributed by atoms with Crippen LogP contribution in [-0.4, -0.2) is 48.9 Å². The van der Waals surface area contributed by atoms with E-state index in [4.69, 9.17) is 14.2 Å². The molecule has 128 valence electrons.